The number of imide groups is 1. The summed E-state index contributed by atoms with van der Waals surface area (Å²) in [6.07, 6.45) is 0.00927. The molecule has 27 heavy (non-hydrogen) atoms. The van der Waals surface area contributed by atoms with Crippen molar-refractivity contribution in [1.29, 1.82) is 0 Å². The van der Waals surface area contributed by atoms with Crippen molar-refractivity contribution < 1.29 is 14.4 Å². The van der Waals surface area contributed by atoms with E-state index in [0.717, 1.165) is 13.1 Å². The summed E-state index contributed by atoms with van der Waals surface area (Å²) < 4.78 is 0. The Bertz CT molecular complexity index is 761. The Morgan fingerprint density at radius 3 is 2.37 bits per heavy atom. The monoisotopic (exact) mass is 372 g/mol. The van der Waals surface area contributed by atoms with Gasteiger partial charge in [0, 0.05) is 31.9 Å². The third-order valence-electron chi connectivity index (χ3n) is 5.17. The Labute approximate surface area is 160 Å². The predicted octanol–water partition coefficient (Wildman–Crippen LogP) is 1.54. The van der Waals surface area contributed by atoms with Gasteiger partial charge in [-0.05, 0) is 24.0 Å². The molecule has 146 valence electrons. The molecule has 3 rings (SSSR count). The van der Waals surface area contributed by atoms with Crippen molar-refractivity contribution in [2.45, 2.75) is 45.6 Å². The molecule has 2 aliphatic rings. The van der Waals surface area contributed by atoms with Crippen LogP contribution in [0.1, 0.15) is 38.3 Å². The molecule has 7 nitrogen and oxygen atoms in total. The first-order valence-electron chi connectivity index (χ1n) is 9.40. The van der Waals surface area contributed by atoms with E-state index >= 15 is 0 Å². The van der Waals surface area contributed by atoms with Gasteiger partial charge in [-0.1, -0.05) is 38.5 Å². The molecule has 2 aliphatic heterocycles. The van der Waals surface area contributed by atoms with Gasteiger partial charge < -0.3 is 15.1 Å². The number of hydrogen-bond donors (Lipinski definition) is 2. The lowest BCUT2D eigenvalue weighted by Crippen LogP contribution is -2.50. The Kier molecular flexibility index (Phi) is 5.13. The van der Waals surface area contributed by atoms with Crippen molar-refractivity contribution in [2.75, 3.05) is 31.1 Å². The van der Waals surface area contributed by atoms with Crippen LogP contribution in [0.2, 0.25) is 0 Å². The second-order valence-electron chi connectivity index (χ2n) is 8.36. The normalized spacial score (nSPS) is 20.5. The molecule has 1 aromatic carbocycles. The fourth-order valence-electron chi connectivity index (χ4n) is 3.63. The topological polar surface area (TPSA) is 81.8 Å². The number of carbonyl (C=O) groups excluding carboxylic acids is 3. The molecule has 7 heteroatoms. The molecule has 2 fully saturated rings. The van der Waals surface area contributed by atoms with Crippen LogP contribution < -0.4 is 15.5 Å². The van der Waals surface area contributed by atoms with E-state index in [2.05, 4.69) is 61.4 Å². The molecule has 4 amide bonds. The average Bonchev–Trinajstić information content (AvgIpc) is 2.91. The molecular weight excluding hydrogens is 344 g/mol. The van der Waals surface area contributed by atoms with Crippen molar-refractivity contribution in [1.82, 2.24) is 15.5 Å². The van der Waals surface area contributed by atoms with Crippen LogP contribution in [0.15, 0.2) is 18.2 Å². The molecule has 2 N–H and O–H groups in total. The van der Waals surface area contributed by atoms with E-state index < -0.39 is 18.0 Å². The van der Waals surface area contributed by atoms with Crippen LogP contribution in [-0.4, -0.2) is 55.0 Å². The Morgan fingerprint density at radius 1 is 1.15 bits per heavy atom. The molecular formula is C20H28N4O3. The summed E-state index contributed by atoms with van der Waals surface area (Å²) in [5, 5.41) is 4.64. The molecule has 1 aromatic rings. The molecule has 0 saturated carbocycles. The fourth-order valence-corrected chi connectivity index (χ4v) is 3.63. The van der Waals surface area contributed by atoms with E-state index in [4.69, 9.17) is 0 Å². The van der Waals surface area contributed by atoms with Gasteiger partial charge in [-0.15, -0.1) is 0 Å². The largest absolute Gasteiger partial charge is 0.368 e. The molecule has 0 aliphatic carbocycles. The maximum atomic E-state index is 12.5. The molecule has 2 heterocycles. The highest BCUT2D eigenvalue weighted by Gasteiger charge is 2.33. The van der Waals surface area contributed by atoms with Gasteiger partial charge in [0.2, 0.25) is 5.91 Å². The molecule has 1 atom stereocenters. The number of amides is 4. The molecule has 0 bridgehead atoms. The first kappa shape index (κ1) is 19.2. The Morgan fingerprint density at radius 2 is 1.81 bits per heavy atom. The summed E-state index contributed by atoms with van der Waals surface area (Å²) >= 11 is 0. The maximum absolute atomic E-state index is 12.5. The Hall–Kier alpha value is -2.57. The van der Waals surface area contributed by atoms with E-state index in [-0.39, 0.29) is 17.7 Å². The summed E-state index contributed by atoms with van der Waals surface area (Å²) in [5.74, 6) is -0.529. The van der Waals surface area contributed by atoms with Gasteiger partial charge in [-0.3, -0.25) is 14.9 Å². The molecule has 0 radical (unpaired) electrons. The third kappa shape index (κ3) is 4.23. The summed E-state index contributed by atoms with van der Waals surface area (Å²) in [4.78, 5) is 39.4. The lowest BCUT2D eigenvalue weighted by Gasteiger charge is -2.39. The minimum absolute atomic E-state index is 0.00927. The number of nitrogens with zero attached hydrogens (tertiary/aromatic N) is 2. The summed E-state index contributed by atoms with van der Waals surface area (Å²) in [6.45, 7) is 11.5. The zero-order valence-electron chi connectivity index (χ0n) is 16.5. The second-order valence-corrected chi connectivity index (χ2v) is 8.36. The highest BCUT2D eigenvalue weighted by Crippen LogP contribution is 2.33. The second kappa shape index (κ2) is 7.21. The van der Waals surface area contributed by atoms with Gasteiger partial charge in [-0.25, -0.2) is 4.79 Å². The number of rotatable bonds is 3. The van der Waals surface area contributed by atoms with Gasteiger partial charge in [0.05, 0.1) is 6.42 Å². The average molecular weight is 372 g/mol. The molecule has 1 unspecified atom stereocenters. The number of anilines is 1. The van der Waals surface area contributed by atoms with Crippen LogP contribution in [0.3, 0.4) is 0 Å². The fraction of sp³-hybridized carbons (Fsp3) is 0.550. The van der Waals surface area contributed by atoms with Gasteiger partial charge in [0.15, 0.2) is 0 Å². The number of piperazine rings is 1. The highest BCUT2D eigenvalue weighted by molar-refractivity contribution is 6.05. The zero-order chi connectivity index (χ0) is 19.8. The SMILES string of the molecule is Cc1ccc(N2CCN(C(=O)CC3NC(=O)NC3=O)CC2)c(C(C)(C)C)c1. The van der Waals surface area contributed by atoms with Crippen LogP contribution in [0.25, 0.3) is 0 Å². The van der Waals surface area contributed by atoms with Crippen LogP contribution in [-0.2, 0) is 15.0 Å². The van der Waals surface area contributed by atoms with Crippen molar-refractivity contribution in [3.05, 3.63) is 29.3 Å². The van der Waals surface area contributed by atoms with Crippen LogP contribution in [0.5, 0.6) is 0 Å². The van der Waals surface area contributed by atoms with Gasteiger partial charge in [0.1, 0.15) is 6.04 Å². The maximum Gasteiger partial charge on any atom is 0.322 e. The quantitative estimate of drug-likeness (QED) is 0.789. The lowest BCUT2D eigenvalue weighted by atomic mass is 9.84. The first-order valence-corrected chi connectivity index (χ1v) is 9.40. The van der Waals surface area contributed by atoms with Gasteiger partial charge in [0.25, 0.3) is 5.91 Å². The van der Waals surface area contributed by atoms with Crippen molar-refractivity contribution >= 4 is 23.5 Å². The minimum Gasteiger partial charge on any atom is -0.368 e. The summed E-state index contributed by atoms with van der Waals surface area (Å²) in [6, 6.07) is 5.26. The first-order chi connectivity index (χ1) is 12.6. The standard InChI is InChI=1S/C20H28N4O3/c1-13-5-6-16(14(11-13)20(2,3)4)23-7-9-24(10-8-23)17(25)12-15-18(26)22-19(27)21-15/h5-6,11,15H,7-10,12H2,1-4H3,(H2,21,22,26,27). The van der Waals surface area contributed by atoms with E-state index in [1.54, 1.807) is 4.90 Å². The zero-order valence-corrected chi connectivity index (χ0v) is 16.5. The lowest BCUT2D eigenvalue weighted by molar-refractivity contribution is -0.134. The van der Waals surface area contributed by atoms with Crippen molar-refractivity contribution in [2.24, 2.45) is 0 Å². The van der Waals surface area contributed by atoms with Crippen LogP contribution in [0, 0.1) is 6.92 Å². The van der Waals surface area contributed by atoms with E-state index in [1.807, 2.05) is 0 Å². The number of urea groups is 1. The number of carbonyl (C=O) groups is 3. The molecule has 2 saturated heterocycles. The molecule has 0 aromatic heterocycles. The van der Waals surface area contributed by atoms with Crippen LogP contribution >= 0.6 is 0 Å². The predicted molar refractivity (Wildman–Crippen MR) is 104 cm³/mol. The van der Waals surface area contributed by atoms with Crippen LogP contribution in [0.4, 0.5) is 10.5 Å². The minimum atomic E-state index is -0.757. The summed E-state index contributed by atoms with van der Waals surface area (Å²) in [7, 11) is 0. The van der Waals surface area contributed by atoms with Gasteiger partial charge >= 0.3 is 6.03 Å². The third-order valence-corrected chi connectivity index (χ3v) is 5.17. The van der Waals surface area contributed by atoms with Gasteiger partial charge in [-0.2, -0.15) is 0 Å². The smallest absolute Gasteiger partial charge is 0.322 e. The van der Waals surface area contributed by atoms with Crippen molar-refractivity contribution in [3.63, 3.8) is 0 Å². The highest BCUT2D eigenvalue weighted by atomic mass is 16.2. The van der Waals surface area contributed by atoms with E-state index in [1.165, 1.54) is 16.8 Å². The van der Waals surface area contributed by atoms with Crippen molar-refractivity contribution in [3.8, 4) is 0 Å². The summed E-state index contributed by atoms with van der Waals surface area (Å²) in [5.41, 5.74) is 3.83. The molecule has 0 spiro atoms. The number of nitrogens with one attached hydrogen (secondary N) is 2. The number of benzene rings is 1. The number of hydrogen-bond acceptors (Lipinski definition) is 4. The Balaban J connectivity index is 1.63. The number of aryl methyl sites for hydroxylation is 1. The van der Waals surface area contributed by atoms with E-state index in [0.29, 0.717) is 13.1 Å². The van der Waals surface area contributed by atoms with E-state index in [9.17, 15) is 14.4 Å².